The van der Waals surface area contributed by atoms with Crippen molar-refractivity contribution in [1.82, 2.24) is 10.4 Å². The third kappa shape index (κ3) is 1.55. The molecule has 0 bridgehead atoms. The van der Waals surface area contributed by atoms with Gasteiger partial charge in [0.2, 0.25) is 0 Å². The van der Waals surface area contributed by atoms with Gasteiger partial charge in [0.05, 0.1) is 22.0 Å². The van der Waals surface area contributed by atoms with Gasteiger partial charge in [-0.25, -0.2) is 5.43 Å². The van der Waals surface area contributed by atoms with Crippen molar-refractivity contribution in [2.75, 3.05) is 0 Å². The van der Waals surface area contributed by atoms with Crippen molar-refractivity contribution in [3.8, 4) is 0 Å². The van der Waals surface area contributed by atoms with Gasteiger partial charge in [0, 0.05) is 12.1 Å². The molecule has 82 valence electrons. The molecule has 0 radical (unpaired) electrons. The Bertz CT molecular complexity index is 511. The number of carbonyl (C=O) groups excluding carboxylic acids is 1. The monoisotopic (exact) mass is 235 g/mol. The van der Waals surface area contributed by atoms with Gasteiger partial charge < -0.3 is 4.98 Å². The van der Waals surface area contributed by atoms with Crippen molar-refractivity contribution in [2.45, 2.75) is 12.8 Å². The molecular formula is C11H10ClN3O. The molecule has 0 saturated heterocycles. The summed E-state index contributed by atoms with van der Waals surface area (Å²) in [5, 5.41) is 4.68. The van der Waals surface area contributed by atoms with Crippen molar-refractivity contribution in [1.29, 1.82) is 0 Å². The first kappa shape index (κ1) is 9.66. The highest BCUT2D eigenvalue weighted by atomic mass is 35.5. The Morgan fingerprint density at radius 3 is 2.94 bits per heavy atom. The van der Waals surface area contributed by atoms with Gasteiger partial charge in [0.15, 0.2) is 0 Å². The van der Waals surface area contributed by atoms with Crippen LogP contribution in [0.3, 0.4) is 0 Å². The summed E-state index contributed by atoms with van der Waals surface area (Å²) in [6.45, 7) is 0. The van der Waals surface area contributed by atoms with Crippen LogP contribution in [0.5, 0.6) is 0 Å². The first-order valence-electron chi connectivity index (χ1n) is 5.18. The van der Waals surface area contributed by atoms with E-state index in [-0.39, 0.29) is 5.91 Å². The molecule has 0 spiro atoms. The zero-order chi connectivity index (χ0) is 11.1. The highest BCUT2D eigenvalue weighted by Gasteiger charge is 2.35. The van der Waals surface area contributed by atoms with E-state index in [0.717, 1.165) is 24.2 Å². The molecule has 0 aromatic carbocycles. The van der Waals surface area contributed by atoms with Crippen LogP contribution < -0.4 is 5.43 Å². The fraction of sp³-hybridized carbons (Fsp3) is 0.273. The molecule has 1 aliphatic carbocycles. The minimum atomic E-state index is -0.146. The molecule has 2 N–H and O–H groups in total. The number of carbonyl (C=O) groups is 1. The van der Waals surface area contributed by atoms with Crippen LogP contribution in [0.1, 0.15) is 18.5 Å². The summed E-state index contributed by atoms with van der Waals surface area (Å²) in [4.78, 5) is 14.6. The Morgan fingerprint density at radius 2 is 2.31 bits per heavy atom. The zero-order valence-electron chi connectivity index (χ0n) is 8.46. The SMILES string of the molecule is O=C1NN=C(C2CC2)C1=Cc1[nH]ccc1Cl. The van der Waals surface area contributed by atoms with E-state index in [1.807, 2.05) is 0 Å². The normalized spacial score (nSPS) is 22.4. The lowest BCUT2D eigenvalue weighted by Crippen LogP contribution is -2.13. The van der Waals surface area contributed by atoms with Gasteiger partial charge >= 0.3 is 0 Å². The van der Waals surface area contributed by atoms with Crippen LogP contribution in [0.4, 0.5) is 0 Å². The smallest absolute Gasteiger partial charge is 0.273 e. The molecule has 1 aromatic rings. The third-order valence-corrected chi connectivity index (χ3v) is 3.11. The van der Waals surface area contributed by atoms with Crippen LogP contribution in [-0.4, -0.2) is 16.6 Å². The molecule has 4 nitrogen and oxygen atoms in total. The fourth-order valence-corrected chi connectivity index (χ4v) is 1.95. The van der Waals surface area contributed by atoms with Gasteiger partial charge in [-0.15, -0.1) is 0 Å². The molecule has 16 heavy (non-hydrogen) atoms. The Labute approximate surface area is 97.4 Å². The molecule has 1 fully saturated rings. The number of H-pyrrole nitrogens is 1. The van der Waals surface area contributed by atoms with Gasteiger partial charge in [-0.2, -0.15) is 5.10 Å². The maximum atomic E-state index is 11.6. The molecule has 1 aromatic heterocycles. The number of aromatic nitrogens is 1. The van der Waals surface area contributed by atoms with Gasteiger partial charge in [-0.1, -0.05) is 11.6 Å². The van der Waals surface area contributed by atoms with E-state index < -0.39 is 0 Å². The van der Waals surface area contributed by atoms with Gasteiger partial charge in [-0.3, -0.25) is 4.79 Å². The predicted molar refractivity (Wildman–Crippen MR) is 62.1 cm³/mol. The van der Waals surface area contributed by atoms with Crippen LogP contribution in [-0.2, 0) is 4.79 Å². The van der Waals surface area contributed by atoms with Gasteiger partial charge in [0.1, 0.15) is 0 Å². The highest BCUT2D eigenvalue weighted by molar-refractivity contribution is 6.33. The van der Waals surface area contributed by atoms with Crippen LogP contribution >= 0.6 is 11.6 Å². The van der Waals surface area contributed by atoms with E-state index in [2.05, 4.69) is 15.5 Å². The average Bonchev–Trinajstić information content (AvgIpc) is 2.94. The molecule has 1 amide bonds. The summed E-state index contributed by atoms with van der Waals surface area (Å²) in [5.41, 5.74) is 4.75. The number of halogens is 1. The zero-order valence-corrected chi connectivity index (χ0v) is 9.21. The molecule has 3 rings (SSSR count). The molecule has 2 heterocycles. The maximum Gasteiger partial charge on any atom is 0.273 e. The number of nitrogens with zero attached hydrogens (tertiary/aromatic N) is 1. The van der Waals surface area contributed by atoms with Crippen LogP contribution in [0.15, 0.2) is 22.9 Å². The fourth-order valence-electron chi connectivity index (χ4n) is 1.77. The van der Waals surface area contributed by atoms with Crippen molar-refractivity contribution in [3.05, 3.63) is 28.6 Å². The van der Waals surface area contributed by atoms with Gasteiger partial charge in [-0.05, 0) is 25.0 Å². The second-order valence-electron chi connectivity index (χ2n) is 4.01. The summed E-state index contributed by atoms with van der Waals surface area (Å²) >= 11 is 5.96. The summed E-state index contributed by atoms with van der Waals surface area (Å²) < 4.78 is 0. The molecule has 0 unspecified atom stereocenters. The summed E-state index contributed by atoms with van der Waals surface area (Å²) in [6, 6.07) is 1.76. The second kappa shape index (κ2) is 3.49. The Hall–Kier alpha value is -1.55. The number of hydrazone groups is 1. The quantitative estimate of drug-likeness (QED) is 0.757. The Balaban J connectivity index is 1.98. The van der Waals surface area contributed by atoms with E-state index in [1.165, 1.54) is 0 Å². The lowest BCUT2D eigenvalue weighted by atomic mass is 10.1. The minimum absolute atomic E-state index is 0.146. The van der Waals surface area contributed by atoms with E-state index in [0.29, 0.717) is 16.5 Å². The van der Waals surface area contributed by atoms with E-state index >= 15 is 0 Å². The van der Waals surface area contributed by atoms with E-state index in [9.17, 15) is 4.79 Å². The molecule has 5 heteroatoms. The standard InChI is InChI=1S/C11H10ClN3O/c12-8-3-4-13-9(8)5-7-10(6-1-2-6)14-15-11(7)16/h3-6,13H,1-2H2,(H,15,16). The molecule has 0 atom stereocenters. The molecular weight excluding hydrogens is 226 g/mol. The first-order chi connectivity index (χ1) is 7.75. The number of hydrogen-bond acceptors (Lipinski definition) is 2. The lowest BCUT2D eigenvalue weighted by Gasteiger charge is -1.98. The predicted octanol–water partition coefficient (Wildman–Crippen LogP) is 1.95. The molecule has 2 aliphatic rings. The number of nitrogens with one attached hydrogen (secondary N) is 2. The first-order valence-corrected chi connectivity index (χ1v) is 5.56. The van der Waals surface area contributed by atoms with E-state index in [4.69, 9.17) is 11.6 Å². The van der Waals surface area contributed by atoms with Gasteiger partial charge in [0.25, 0.3) is 5.91 Å². The summed E-state index contributed by atoms with van der Waals surface area (Å²) in [6.07, 6.45) is 5.74. The summed E-state index contributed by atoms with van der Waals surface area (Å²) in [7, 11) is 0. The summed E-state index contributed by atoms with van der Waals surface area (Å²) in [5.74, 6) is 0.298. The van der Waals surface area contributed by atoms with Crippen LogP contribution in [0.2, 0.25) is 5.02 Å². The average molecular weight is 236 g/mol. The number of amides is 1. The Morgan fingerprint density at radius 1 is 1.50 bits per heavy atom. The highest BCUT2D eigenvalue weighted by Crippen LogP contribution is 2.35. The Kier molecular flexibility index (Phi) is 2.11. The maximum absolute atomic E-state index is 11.6. The van der Waals surface area contributed by atoms with E-state index in [1.54, 1.807) is 18.3 Å². The minimum Gasteiger partial charge on any atom is -0.360 e. The van der Waals surface area contributed by atoms with Crippen LogP contribution in [0, 0.1) is 5.92 Å². The second-order valence-corrected chi connectivity index (χ2v) is 4.42. The molecule has 1 saturated carbocycles. The number of rotatable bonds is 2. The number of hydrogen-bond donors (Lipinski definition) is 2. The van der Waals surface area contributed by atoms with Crippen molar-refractivity contribution in [3.63, 3.8) is 0 Å². The van der Waals surface area contributed by atoms with Crippen molar-refractivity contribution < 1.29 is 4.79 Å². The molecule has 1 aliphatic heterocycles. The lowest BCUT2D eigenvalue weighted by molar-refractivity contribution is -0.116. The van der Waals surface area contributed by atoms with Crippen molar-refractivity contribution in [2.24, 2.45) is 11.0 Å². The topological polar surface area (TPSA) is 57.2 Å². The number of aromatic amines is 1. The van der Waals surface area contributed by atoms with Crippen molar-refractivity contribution >= 4 is 29.3 Å². The third-order valence-electron chi connectivity index (χ3n) is 2.78. The van der Waals surface area contributed by atoms with Crippen LogP contribution in [0.25, 0.3) is 6.08 Å². The largest absolute Gasteiger partial charge is 0.360 e.